The molecule has 1 aromatic carbocycles. The molecule has 21 heavy (non-hydrogen) atoms. The number of nitriles is 1. The Morgan fingerprint density at radius 2 is 2.14 bits per heavy atom. The van der Waals surface area contributed by atoms with Crippen molar-refractivity contribution in [3.8, 4) is 6.07 Å². The topological polar surface area (TPSA) is 85.8 Å². The van der Waals surface area contributed by atoms with Crippen LogP contribution in [-0.2, 0) is 0 Å². The number of nitrogens with zero attached hydrogens (tertiary/aromatic N) is 1. The molecule has 2 N–H and O–H groups in total. The minimum atomic E-state index is -0.763. The number of aromatic amines is 1. The van der Waals surface area contributed by atoms with Crippen molar-refractivity contribution in [2.24, 2.45) is 0 Å². The lowest BCUT2D eigenvalue weighted by Crippen LogP contribution is -2.29. The zero-order valence-electron chi connectivity index (χ0n) is 11.2. The number of halogens is 1. The number of carbonyl (C=O) groups is 1. The number of aromatic nitrogens is 1. The van der Waals surface area contributed by atoms with E-state index >= 15 is 0 Å². The van der Waals surface area contributed by atoms with E-state index in [1.165, 1.54) is 12.1 Å². The second-order valence-electron chi connectivity index (χ2n) is 4.45. The monoisotopic (exact) mass is 345 g/mol. The van der Waals surface area contributed by atoms with Gasteiger partial charge >= 0.3 is 0 Å². The number of aryl methyl sites for hydroxylation is 1. The van der Waals surface area contributed by atoms with Gasteiger partial charge in [0.05, 0.1) is 11.6 Å². The molecule has 2 rings (SSSR count). The standard InChI is InChI=1S/C15H12BrN3O2/c1-9-12(5-6-14(20)18-9)15(21)19-13(8-17)10-3-2-4-11(16)7-10/h2-7,13H,1H3,(H,18,20)(H,19,21)/t13-/m1/s1. The molecule has 0 spiro atoms. The minimum Gasteiger partial charge on any atom is -0.332 e. The first-order valence-electron chi connectivity index (χ1n) is 6.17. The molecule has 1 atom stereocenters. The number of pyridine rings is 1. The van der Waals surface area contributed by atoms with E-state index in [1.54, 1.807) is 25.1 Å². The van der Waals surface area contributed by atoms with Crippen LogP contribution in [0.1, 0.15) is 27.7 Å². The van der Waals surface area contributed by atoms with E-state index in [0.717, 1.165) is 4.47 Å². The lowest BCUT2D eigenvalue weighted by Gasteiger charge is -2.13. The summed E-state index contributed by atoms with van der Waals surface area (Å²) in [6.45, 7) is 1.64. The molecule has 0 aliphatic carbocycles. The highest BCUT2D eigenvalue weighted by molar-refractivity contribution is 9.10. The number of benzene rings is 1. The molecule has 1 aromatic heterocycles. The molecule has 1 amide bonds. The first-order chi connectivity index (χ1) is 10.0. The SMILES string of the molecule is Cc1[nH]c(=O)ccc1C(=O)N[C@H](C#N)c1cccc(Br)c1. The summed E-state index contributed by atoms with van der Waals surface area (Å²) in [6.07, 6.45) is 0. The first-order valence-corrected chi connectivity index (χ1v) is 6.96. The lowest BCUT2D eigenvalue weighted by atomic mass is 10.1. The second kappa shape index (κ2) is 6.37. The average Bonchev–Trinajstić information content (AvgIpc) is 2.44. The van der Waals surface area contributed by atoms with Gasteiger partial charge in [0, 0.05) is 16.2 Å². The van der Waals surface area contributed by atoms with Gasteiger partial charge in [0.2, 0.25) is 5.56 Å². The molecule has 0 aliphatic rings. The zero-order chi connectivity index (χ0) is 15.4. The van der Waals surface area contributed by atoms with Gasteiger partial charge in [0.25, 0.3) is 5.91 Å². The Bertz CT molecular complexity index is 777. The third-order valence-corrected chi connectivity index (χ3v) is 3.44. The van der Waals surface area contributed by atoms with Crippen molar-refractivity contribution in [1.29, 1.82) is 5.26 Å². The third-order valence-electron chi connectivity index (χ3n) is 2.95. The van der Waals surface area contributed by atoms with Gasteiger partial charge < -0.3 is 10.3 Å². The zero-order valence-corrected chi connectivity index (χ0v) is 12.8. The smallest absolute Gasteiger partial charge is 0.254 e. The number of rotatable bonds is 3. The van der Waals surface area contributed by atoms with E-state index in [9.17, 15) is 14.9 Å². The Morgan fingerprint density at radius 3 is 2.76 bits per heavy atom. The van der Waals surface area contributed by atoms with Crippen molar-refractivity contribution in [1.82, 2.24) is 10.3 Å². The Balaban J connectivity index is 2.25. The predicted octanol–water partition coefficient (Wildman–Crippen LogP) is 2.44. The van der Waals surface area contributed by atoms with Gasteiger partial charge in [-0.2, -0.15) is 5.26 Å². The van der Waals surface area contributed by atoms with E-state index < -0.39 is 11.9 Å². The molecule has 0 aliphatic heterocycles. The number of hydrogen-bond donors (Lipinski definition) is 2. The molecule has 0 bridgehead atoms. The van der Waals surface area contributed by atoms with E-state index in [1.807, 2.05) is 6.07 Å². The maximum atomic E-state index is 12.2. The molecular weight excluding hydrogens is 334 g/mol. The van der Waals surface area contributed by atoms with Crippen LogP contribution in [0.2, 0.25) is 0 Å². The highest BCUT2D eigenvalue weighted by Gasteiger charge is 2.17. The van der Waals surface area contributed by atoms with Gasteiger partial charge in [0.1, 0.15) is 6.04 Å². The van der Waals surface area contributed by atoms with Crippen LogP contribution < -0.4 is 10.9 Å². The van der Waals surface area contributed by atoms with Crippen LogP contribution in [0.15, 0.2) is 45.7 Å². The van der Waals surface area contributed by atoms with Gasteiger partial charge in [-0.3, -0.25) is 9.59 Å². The molecule has 6 heteroatoms. The minimum absolute atomic E-state index is 0.270. The summed E-state index contributed by atoms with van der Waals surface area (Å²) >= 11 is 3.33. The summed E-state index contributed by atoms with van der Waals surface area (Å²) in [5.41, 5.74) is 1.21. The van der Waals surface area contributed by atoms with E-state index in [2.05, 4.69) is 32.3 Å². The summed E-state index contributed by atoms with van der Waals surface area (Å²) in [4.78, 5) is 25.9. The van der Waals surface area contributed by atoms with Gasteiger partial charge in [-0.1, -0.05) is 28.1 Å². The number of carbonyl (C=O) groups excluding carboxylic acids is 1. The molecule has 1 heterocycles. The normalized spacial score (nSPS) is 11.5. The number of H-pyrrole nitrogens is 1. The Morgan fingerprint density at radius 1 is 1.38 bits per heavy atom. The van der Waals surface area contributed by atoms with Crippen molar-refractivity contribution in [2.75, 3.05) is 0 Å². The highest BCUT2D eigenvalue weighted by atomic mass is 79.9. The first kappa shape index (κ1) is 15.0. The summed E-state index contributed by atoms with van der Waals surface area (Å²) in [7, 11) is 0. The maximum Gasteiger partial charge on any atom is 0.254 e. The molecule has 106 valence electrons. The van der Waals surface area contributed by atoms with Crippen molar-refractivity contribution >= 4 is 21.8 Å². The Hall–Kier alpha value is -2.39. The van der Waals surface area contributed by atoms with Crippen LogP contribution in [0.3, 0.4) is 0 Å². The van der Waals surface area contributed by atoms with Crippen LogP contribution in [0.5, 0.6) is 0 Å². The number of nitrogens with one attached hydrogen (secondary N) is 2. The molecule has 0 radical (unpaired) electrons. The number of amides is 1. The molecule has 2 aromatic rings. The molecular formula is C15H12BrN3O2. The van der Waals surface area contributed by atoms with Gasteiger partial charge in [-0.25, -0.2) is 0 Å². The fraction of sp³-hybridized carbons (Fsp3) is 0.133. The van der Waals surface area contributed by atoms with Crippen LogP contribution in [0, 0.1) is 18.3 Å². The van der Waals surface area contributed by atoms with Gasteiger partial charge in [-0.05, 0) is 30.7 Å². The Labute approximate surface area is 129 Å². The average molecular weight is 346 g/mol. The molecule has 5 nitrogen and oxygen atoms in total. The maximum absolute atomic E-state index is 12.2. The number of hydrogen-bond acceptors (Lipinski definition) is 3. The Kier molecular flexibility index (Phi) is 4.55. The van der Waals surface area contributed by atoms with Crippen molar-refractivity contribution in [3.63, 3.8) is 0 Å². The fourth-order valence-corrected chi connectivity index (χ4v) is 2.33. The van der Waals surface area contributed by atoms with E-state index in [4.69, 9.17) is 0 Å². The third kappa shape index (κ3) is 3.58. The van der Waals surface area contributed by atoms with Crippen LogP contribution >= 0.6 is 15.9 Å². The molecule has 0 saturated heterocycles. The molecule has 0 unspecified atom stereocenters. The van der Waals surface area contributed by atoms with Crippen LogP contribution in [0.4, 0.5) is 0 Å². The molecule has 0 saturated carbocycles. The van der Waals surface area contributed by atoms with Crippen LogP contribution in [-0.4, -0.2) is 10.9 Å². The van der Waals surface area contributed by atoms with Gasteiger partial charge in [-0.15, -0.1) is 0 Å². The largest absolute Gasteiger partial charge is 0.332 e. The van der Waals surface area contributed by atoms with Crippen LogP contribution in [0.25, 0.3) is 0 Å². The van der Waals surface area contributed by atoms with E-state index in [-0.39, 0.29) is 5.56 Å². The van der Waals surface area contributed by atoms with E-state index in [0.29, 0.717) is 16.8 Å². The quantitative estimate of drug-likeness (QED) is 0.895. The van der Waals surface area contributed by atoms with Gasteiger partial charge in [0.15, 0.2) is 0 Å². The lowest BCUT2D eigenvalue weighted by molar-refractivity contribution is 0.0944. The fourth-order valence-electron chi connectivity index (χ4n) is 1.91. The second-order valence-corrected chi connectivity index (χ2v) is 5.37. The molecule has 0 fully saturated rings. The predicted molar refractivity (Wildman–Crippen MR) is 81.8 cm³/mol. The summed E-state index contributed by atoms with van der Waals surface area (Å²) in [5, 5.41) is 11.9. The van der Waals surface area contributed by atoms with Crippen molar-refractivity contribution < 1.29 is 4.79 Å². The summed E-state index contributed by atoms with van der Waals surface area (Å²) in [5.74, 6) is -0.407. The van der Waals surface area contributed by atoms with Crippen molar-refractivity contribution in [2.45, 2.75) is 13.0 Å². The summed E-state index contributed by atoms with van der Waals surface area (Å²) < 4.78 is 0.828. The van der Waals surface area contributed by atoms with Crippen molar-refractivity contribution in [3.05, 3.63) is 68.0 Å². The summed E-state index contributed by atoms with van der Waals surface area (Å²) in [6, 6.07) is 11.2. The highest BCUT2D eigenvalue weighted by Crippen LogP contribution is 2.18.